The number of carbonyl (C=O) groups excluding carboxylic acids is 2. The number of amides is 1. The number of hydrogen-bond donors (Lipinski definition) is 0. The highest BCUT2D eigenvalue weighted by Crippen LogP contribution is 2.40. The Kier molecular flexibility index (Phi) is 10.5. The molecule has 1 atom stereocenters. The van der Waals surface area contributed by atoms with Gasteiger partial charge in [0.05, 0.1) is 18.1 Å². The van der Waals surface area contributed by atoms with Crippen molar-refractivity contribution in [1.29, 1.82) is 0 Å². The molecule has 40 heavy (non-hydrogen) atoms. The van der Waals surface area contributed by atoms with Crippen LogP contribution in [0.3, 0.4) is 0 Å². The van der Waals surface area contributed by atoms with E-state index in [9.17, 15) is 9.59 Å². The number of nitrogens with zero attached hydrogens (tertiary/aromatic N) is 1. The number of benzene rings is 3. The predicted molar refractivity (Wildman–Crippen MR) is 164 cm³/mol. The molecule has 1 heterocycles. The maximum Gasteiger partial charge on any atom is 0.333 e. The number of thioether (sulfide) groups is 1. The SMILES string of the molecule is CCCOC(=O)C(c1ccccc1)N1C(=O)/C(=C/c2ccc(OCc3c(Cl)cccc3Cl)c(OCC)c2)SC1=S. The summed E-state index contributed by atoms with van der Waals surface area (Å²) in [5.41, 5.74) is 2.00. The molecule has 3 aromatic carbocycles. The Morgan fingerprint density at radius 1 is 1.00 bits per heavy atom. The fourth-order valence-corrected chi connectivity index (χ4v) is 5.80. The molecule has 1 aliphatic heterocycles. The summed E-state index contributed by atoms with van der Waals surface area (Å²) in [4.78, 5) is 28.3. The fraction of sp³-hybridized carbons (Fsp3) is 0.233. The summed E-state index contributed by atoms with van der Waals surface area (Å²) in [6.07, 6.45) is 2.38. The van der Waals surface area contributed by atoms with Crippen molar-refractivity contribution in [2.75, 3.05) is 13.2 Å². The number of thiocarbonyl (C=S) groups is 1. The summed E-state index contributed by atoms with van der Waals surface area (Å²) >= 11 is 19.3. The van der Waals surface area contributed by atoms with E-state index >= 15 is 0 Å². The molecule has 0 aliphatic carbocycles. The van der Waals surface area contributed by atoms with Gasteiger partial charge in [-0.25, -0.2) is 4.79 Å². The van der Waals surface area contributed by atoms with Gasteiger partial charge >= 0.3 is 5.97 Å². The Morgan fingerprint density at radius 2 is 1.73 bits per heavy atom. The minimum absolute atomic E-state index is 0.158. The molecular formula is C30H27Cl2NO5S2. The van der Waals surface area contributed by atoms with Crippen LogP contribution in [-0.4, -0.2) is 34.3 Å². The third kappa shape index (κ3) is 6.99. The molecule has 1 aliphatic rings. The zero-order valence-electron chi connectivity index (χ0n) is 21.9. The Balaban J connectivity index is 1.59. The van der Waals surface area contributed by atoms with E-state index in [4.69, 9.17) is 49.6 Å². The summed E-state index contributed by atoms with van der Waals surface area (Å²) in [5, 5.41) is 1.02. The van der Waals surface area contributed by atoms with Crippen LogP contribution in [0.5, 0.6) is 11.5 Å². The Labute approximate surface area is 253 Å². The van der Waals surface area contributed by atoms with E-state index in [0.29, 0.717) is 56.2 Å². The van der Waals surface area contributed by atoms with E-state index in [1.807, 2.05) is 38.1 Å². The summed E-state index contributed by atoms with van der Waals surface area (Å²) < 4.78 is 17.5. The first kappa shape index (κ1) is 29.9. The van der Waals surface area contributed by atoms with Gasteiger partial charge in [0.2, 0.25) is 0 Å². The summed E-state index contributed by atoms with van der Waals surface area (Å²) in [6.45, 7) is 4.60. The summed E-state index contributed by atoms with van der Waals surface area (Å²) in [6, 6.07) is 18.7. The van der Waals surface area contributed by atoms with Gasteiger partial charge in [-0.1, -0.05) is 96.6 Å². The Morgan fingerprint density at radius 3 is 2.40 bits per heavy atom. The lowest BCUT2D eigenvalue weighted by Gasteiger charge is -2.25. The van der Waals surface area contributed by atoms with Crippen molar-refractivity contribution in [2.24, 2.45) is 0 Å². The second-order valence-corrected chi connectivity index (χ2v) is 11.2. The topological polar surface area (TPSA) is 65.1 Å². The van der Waals surface area contributed by atoms with Crippen molar-refractivity contribution >= 4 is 69.5 Å². The molecule has 0 saturated carbocycles. The van der Waals surface area contributed by atoms with Crippen LogP contribution in [0.1, 0.15) is 43.0 Å². The molecule has 0 aromatic heterocycles. The zero-order valence-corrected chi connectivity index (χ0v) is 25.0. The van der Waals surface area contributed by atoms with Gasteiger partial charge in [0, 0.05) is 15.6 Å². The molecule has 6 nitrogen and oxygen atoms in total. The van der Waals surface area contributed by atoms with Gasteiger partial charge in [0.15, 0.2) is 17.5 Å². The van der Waals surface area contributed by atoms with Crippen molar-refractivity contribution in [3.63, 3.8) is 0 Å². The molecule has 208 valence electrons. The van der Waals surface area contributed by atoms with Crippen molar-refractivity contribution < 1.29 is 23.8 Å². The van der Waals surface area contributed by atoms with Gasteiger partial charge in [-0.15, -0.1) is 0 Å². The van der Waals surface area contributed by atoms with Gasteiger partial charge in [-0.05, 0) is 54.8 Å². The van der Waals surface area contributed by atoms with Gasteiger partial charge in [0.25, 0.3) is 5.91 Å². The maximum atomic E-state index is 13.6. The number of hydrogen-bond acceptors (Lipinski definition) is 7. The normalized spacial score (nSPS) is 14.9. The van der Waals surface area contributed by atoms with Crippen molar-refractivity contribution in [2.45, 2.75) is 32.9 Å². The Bertz CT molecular complexity index is 1410. The van der Waals surface area contributed by atoms with Crippen LogP contribution in [0.2, 0.25) is 10.0 Å². The highest BCUT2D eigenvalue weighted by molar-refractivity contribution is 8.26. The second-order valence-electron chi connectivity index (χ2n) is 8.66. The quantitative estimate of drug-likeness (QED) is 0.123. The molecule has 0 radical (unpaired) electrons. The van der Waals surface area contributed by atoms with E-state index in [-0.39, 0.29) is 23.4 Å². The molecule has 10 heteroatoms. The maximum absolute atomic E-state index is 13.6. The minimum atomic E-state index is -0.974. The average molecular weight is 617 g/mol. The number of carbonyl (C=O) groups is 2. The average Bonchev–Trinajstić information content (AvgIpc) is 3.21. The third-order valence-electron chi connectivity index (χ3n) is 5.87. The molecule has 1 saturated heterocycles. The third-order valence-corrected chi connectivity index (χ3v) is 7.91. The molecule has 1 amide bonds. The van der Waals surface area contributed by atoms with Crippen molar-refractivity contribution in [3.05, 3.63) is 98.4 Å². The van der Waals surface area contributed by atoms with Crippen molar-refractivity contribution in [3.8, 4) is 11.5 Å². The van der Waals surface area contributed by atoms with Gasteiger partial charge in [-0.2, -0.15) is 0 Å². The standard InChI is InChI=1S/C30H27Cl2NO5S2/c1-3-15-37-29(35)27(20-9-6-5-7-10-20)33-28(34)26(40-30(33)39)17-19-13-14-24(25(16-19)36-4-2)38-18-21-22(31)11-8-12-23(21)32/h5-14,16-17,27H,3-4,15,18H2,1-2H3/b26-17-. The van der Waals surface area contributed by atoms with Crippen LogP contribution in [-0.2, 0) is 20.9 Å². The van der Waals surface area contributed by atoms with Crippen LogP contribution in [0.15, 0.2) is 71.6 Å². The molecule has 1 fully saturated rings. The smallest absolute Gasteiger partial charge is 0.333 e. The lowest BCUT2D eigenvalue weighted by atomic mass is 10.1. The molecule has 4 rings (SSSR count). The van der Waals surface area contributed by atoms with Crippen molar-refractivity contribution in [1.82, 2.24) is 4.90 Å². The second kappa shape index (κ2) is 14.0. The van der Waals surface area contributed by atoms with E-state index in [2.05, 4.69) is 0 Å². The molecule has 0 bridgehead atoms. The minimum Gasteiger partial charge on any atom is -0.490 e. The molecular weight excluding hydrogens is 589 g/mol. The summed E-state index contributed by atoms with van der Waals surface area (Å²) in [5.74, 6) is 0.110. The fourth-order valence-electron chi connectivity index (χ4n) is 3.98. The zero-order chi connectivity index (χ0) is 28.6. The summed E-state index contributed by atoms with van der Waals surface area (Å²) in [7, 11) is 0. The van der Waals surface area contributed by atoms with Crippen LogP contribution in [0.4, 0.5) is 0 Å². The number of esters is 1. The monoisotopic (exact) mass is 615 g/mol. The largest absolute Gasteiger partial charge is 0.490 e. The van der Waals surface area contributed by atoms with E-state index in [0.717, 1.165) is 11.8 Å². The highest BCUT2D eigenvalue weighted by atomic mass is 35.5. The molecule has 0 spiro atoms. The van der Waals surface area contributed by atoms with Crippen LogP contribution in [0.25, 0.3) is 6.08 Å². The lowest BCUT2D eigenvalue weighted by molar-refractivity contribution is -0.151. The van der Waals surface area contributed by atoms with Crippen LogP contribution >= 0.6 is 47.2 Å². The highest BCUT2D eigenvalue weighted by Gasteiger charge is 2.42. The number of halogens is 2. The number of rotatable bonds is 11. The predicted octanol–water partition coefficient (Wildman–Crippen LogP) is 7.87. The molecule has 0 N–H and O–H groups in total. The first-order chi connectivity index (χ1) is 19.3. The molecule has 3 aromatic rings. The number of ether oxygens (including phenoxy) is 3. The first-order valence-corrected chi connectivity index (χ1v) is 14.6. The first-order valence-electron chi connectivity index (χ1n) is 12.6. The van der Waals surface area contributed by atoms with E-state index in [1.54, 1.807) is 48.5 Å². The van der Waals surface area contributed by atoms with Gasteiger partial charge in [0.1, 0.15) is 10.9 Å². The van der Waals surface area contributed by atoms with Gasteiger partial charge < -0.3 is 14.2 Å². The Hall–Kier alpha value is -3.04. The van der Waals surface area contributed by atoms with Gasteiger partial charge in [-0.3, -0.25) is 9.69 Å². The van der Waals surface area contributed by atoms with E-state index < -0.39 is 12.0 Å². The van der Waals surface area contributed by atoms with E-state index in [1.165, 1.54) is 4.90 Å². The van der Waals surface area contributed by atoms with Crippen LogP contribution in [0, 0.1) is 0 Å². The van der Waals surface area contributed by atoms with Crippen LogP contribution < -0.4 is 9.47 Å². The molecule has 1 unspecified atom stereocenters. The lowest BCUT2D eigenvalue weighted by Crippen LogP contribution is -2.38.